The van der Waals surface area contributed by atoms with E-state index in [1.807, 2.05) is 19.1 Å². The largest absolute Gasteiger partial charge is 0.497 e. The molecule has 1 aromatic carbocycles. The molecule has 5 heteroatoms. The van der Waals surface area contributed by atoms with Crippen molar-refractivity contribution in [2.45, 2.75) is 18.2 Å². The van der Waals surface area contributed by atoms with Gasteiger partial charge in [-0.25, -0.2) is 8.78 Å². The first-order valence-corrected chi connectivity index (χ1v) is 7.55. The normalized spacial score (nSPS) is 12.5. The van der Waals surface area contributed by atoms with E-state index in [-0.39, 0.29) is 11.3 Å². The molecule has 0 spiro atoms. The van der Waals surface area contributed by atoms with Crippen LogP contribution in [0.1, 0.15) is 27.1 Å². The lowest BCUT2D eigenvalue weighted by Gasteiger charge is -2.12. The minimum absolute atomic E-state index is 0.0188. The lowest BCUT2D eigenvalue weighted by atomic mass is 10.1. The van der Waals surface area contributed by atoms with E-state index in [0.717, 1.165) is 11.3 Å². The van der Waals surface area contributed by atoms with E-state index in [2.05, 4.69) is 15.9 Å². The molecule has 0 N–H and O–H groups in total. The zero-order valence-corrected chi connectivity index (χ0v) is 12.9. The summed E-state index contributed by atoms with van der Waals surface area (Å²) in [6.45, 7) is 2.05. The SMILES string of the molecule is CCc1ccc(C(Br)c2c(F)cc(OC)cc2F)s1. The number of halogens is 3. The third-order valence-electron chi connectivity index (χ3n) is 2.82. The Kier molecular flexibility index (Phi) is 4.58. The highest BCUT2D eigenvalue weighted by atomic mass is 79.9. The Morgan fingerprint density at radius 2 is 1.89 bits per heavy atom. The van der Waals surface area contributed by atoms with E-state index in [1.165, 1.54) is 24.1 Å². The number of benzene rings is 1. The predicted molar refractivity (Wildman–Crippen MR) is 77.4 cm³/mol. The molecule has 0 fully saturated rings. The van der Waals surface area contributed by atoms with Crippen molar-refractivity contribution >= 4 is 27.3 Å². The maximum Gasteiger partial charge on any atom is 0.134 e. The van der Waals surface area contributed by atoms with Gasteiger partial charge in [0.2, 0.25) is 0 Å². The van der Waals surface area contributed by atoms with Gasteiger partial charge in [-0.05, 0) is 18.6 Å². The second-order valence-electron chi connectivity index (χ2n) is 4.02. The fourth-order valence-corrected chi connectivity index (χ4v) is 3.59. The minimum atomic E-state index is -0.606. The van der Waals surface area contributed by atoms with Crippen LogP contribution in [0.5, 0.6) is 5.75 Å². The number of hydrogen-bond acceptors (Lipinski definition) is 2. The summed E-state index contributed by atoms with van der Waals surface area (Å²) < 4.78 is 32.8. The topological polar surface area (TPSA) is 9.23 Å². The summed E-state index contributed by atoms with van der Waals surface area (Å²) in [6.07, 6.45) is 0.915. The zero-order chi connectivity index (χ0) is 14.0. The van der Waals surface area contributed by atoms with Crippen LogP contribution < -0.4 is 4.74 Å². The van der Waals surface area contributed by atoms with Crippen LogP contribution in [0.25, 0.3) is 0 Å². The molecule has 0 radical (unpaired) electrons. The number of hydrogen-bond donors (Lipinski definition) is 0. The highest BCUT2D eigenvalue weighted by Crippen LogP contribution is 2.39. The third-order valence-corrected chi connectivity index (χ3v) is 5.37. The molecule has 1 aromatic heterocycles. The Labute approximate surface area is 123 Å². The van der Waals surface area contributed by atoms with Gasteiger partial charge in [-0.3, -0.25) is 0 Å². The minimum Gasteiger partial charge on any atom is -0.497 e. The molecule has 0 saturated heterocycles. The van der Waals surface area contributed by atoms with E-state index in [0.29, 0.717) is 0 Å². The molecule has 1 unspecified atom stereocenters. The molecule has 19 heavy (non-hydrogen) atoms. The first kappa shape index (κ1) is 14.5. The number of thiophene rings is 1. The average molecular weight is 347 g/mol. The lowest BCUT2D eigenvalue weighted by Crippen LogP contribution is -2.00. The molecular formula is C14H13BrF2OS. The molecule has 0 bridgehead atoms. The van der Waals surface area contributed by atoms with Crippen LogP contribution in [0.2, 0.25) is 0 Å². The molecule has 0 amide bonds. The summed E-state index contributed by atoms with van der Waals surface area (Å²) >= 11 is 4.93. The summed E-state index contributed by atoms with van der Waals surface area (Å²) in [5, 5.41) is 0. The monoisotopic (exact) mass is 346 g/mol. The second kappa shape index (κ2) is 6.01. The number of aryl methyl sites for hydroxylation is 1. The highest BCUT2D eigenvalue weighted by molar-refractivity contribution is 9.09. The molecule has 0 aliphatic carbocycles. The summed E-state index contributed by atoms with van der Waals surface area (Å²) in [5.74, 6) is -1.03. The van der Waals surface area contributed by atoms with Gasteiger partial charge < -0.3 is 4.74 Å². The van der Waals surface area contributed by atoms with Crippen molar-refractivity contribution in [2.24, 2.45) is 0 Å². The van der Waals surface area contributed by atoms with Crippen molar-refractivity contribution < 1.29 is 13.5 Å². The summed E-state index contributed by atoms with van der Waals surface area (Å²) in [5.41, 5.74) is 0.0188. The van der Waals surface area contributed by atoms with E-state index in [4.69, 9.17) is 4.74 Å². The molecule has 0 aliphatic heterocycles. The first-order chi connectivity index (χ1) is 9.06. The van der Waals surface area contributed by atoms with Crippen molar-refractivity contribution in [1.29, 1.82) is 0 Å². The number of ether oxygens (including phenoxy) is 1. The maximum atomic E-state index is 14.0. The molecular weight excluding hydrogens is 334 g/mol. The van der Waals surface area contributed by atoms with Gasteiger partial charge in [0, 0.05) is 27.5 Å². The van der Waals surface area contributed by atoms with Gasteiger partial charge >= 0.3 is 0 Å². The van der Waals surface area contributed by atoms with Crippen LogP contribution in [0.4, 0.5) is 8.78 Å². The molecule has 1 nitrogen and oxygen atoms in total. The molecule has 0 aliphatic rings. The van der Waals surface area contributed by atoms with Crippen LogP contribution in [0.15, 0.2) is 24.3 Å². The Morgan fingerprint density at radius 3 is 2.37 bits per heavy atom. The van der Waals surface area contributed by atoms with Crippen molar-refractivity contribution in [2.75, 3.05) is 7.11 Å². The van der Waals surface area contributed by atoms with Gasteiger partial charge in [-0.1, -0.05) is 22.9 Å². The van der Waals surface area contributed by atoms with Crippen molar-refractivity contribution in [1.82, 2.24) is 0 Å². The Balaban J connectivity index is 2.40. The van der Waals surface area contributed by atoms with Crippen molar-refractivity contribution in [3.05, 3.63) is 51.2 Å². The molecule has 1 heterocycles. The molecule has 102 valence electrons. The molecule has 1 atom stereocenters. The van der Waals surface area contributed by atoms with Gasteiger partial charge in [0.25, 0.3) is 0 Å². The lowest BCUT2D eigenvalue weighted by molar-refractivity contribution is 0.405. The van der Waals surface area contributed by atoms with E-state index in [9.17, 15) is 8.78 Å². The van der Waals surface area contributed by atoms with Crippen LogP contribution in [0, 0.1) is 11.6 Å². The Bertz CT molecular complexity index is 560. The second-order valence-corrected chi connectivity index (χ2v) is 6.14. The molecule has 2 rings (SSSR count). The third kappa shape index (κ3) is 2.98. The van der Waals surface area contributed by atoms with E-state index >= 15 is 0 Å². The van der Waals surface area contributed by atoms with Gasteiger partial charge in [0.15, 0.2) is 0 Å². The van der Waals surface area contributed by atoms with Gasteiger partial charge in [-0.2, -0.15) is 0 Å². The van der Waals surface area contributed by atoms with Crippen molar-refractivity contribution in [3.8, 4) is 5.75 Å². The summed E-state index contributed by atoms with van der Waals surface area (Å²) in [6, 6.07) is 6.27. The molecule has 2 aromatic rings. The first-order valence-electron chi connectivity index (χ1n) is 5.82. The van der Waals surface area contributed by atoms with Crippen LogP contribution in [0.3, 0.4) is 0 Å². The van der Waals surface area contributed by atoms with Gasteiger partial charge in [0.05, 0.1) is 11.9 Å². The summed E-state index contributed by atoms with van der Waals surface area (Å²) in [7, 11) is 1.38. The fraction of sp³-hybridized carbons (Fsp3) is 0.286. The number of alkyl halides is 1. The van der Waals surface area contributed by atoms with Crippen LogP contribution in [-0.4, -0.2) is 7.11 Å². The number of methoxy groups -OCH3 is 1. The van der Waals surface area contributed by atoms with E-state index < -0.39 is 16.5 Å². The van der Waals surface area contributed by atoms with Crippen molar-refractivity contribution in [3.63, 3.8) is 0 Å². The van der Waals surface area contributed by atoms with Crippen LogP contribution in [-0.2, 0) is 6.42 Å². The molecule has 0 saturated carbocycles. The Morgan fingerprint density at radius 1 is 1.26 bits per heavy atom. The Hall–Kier alpha value is -0.940. The van der Waals surface area contributed by atoms with Gasteiger partial charge in [0.1, 0.15) is 17.4 Å². The van der Waals surface area contributed by atoms with Gasteiger partial charge in [-0.15, -0.1) is 11.3 Å². The maximum absolute atomic E-state index is 14.0. The standard InChI is InChI=1S/C14H13BrF2OS/c1-3-9-4-5-12(19-9)14(15)13-10(16)6-8(18-2)7-11(13)17/h4-7,14H,3H2,1-2H3. The number of rotatable bonds is 4. The average Bonchev–Trinajstić information content (AvgIpc) is 2.86. The predicted octanol–water partition coefficient (Wildman–Crippen LogP) is 5.08. The smallest absolute Gasteiger partial charge is 0.134 e. The zero-order valence-electron chi connectivity index (χ0n) is 10.5. The van der Waals surface area contributed by atoms with E-state index in [1.54, 1.807) is 11.3 Å². The quantitative estimate of drug-likeness (QED) is 0.701. The summed E-state index contributed by atoms with van der Waals surface area (Å²) in [4.78, 5) is 1.59. The highest BCUT2D eigenvalue weighted by Gasteiger charge is 2.22. The van der Waals surface area contributed by atoms with Crippen LogP contribution >= 0.6 is 27.3 Å². The fourth-order valence-electron chi connectivity index (χ4n) is 1.78.